The van der Waals surface area contributed by atoms with Crippen molar-refractivity contribution < 1.29 is 4.74 Å². The van der Waals surface area contributed by atoms with Crippen LogP contribution in [0.15, 0.2) is 54.7 Å². The van der Waals surface area contributed by atoms with Crippen LogP contribution in [0.2, 0.25) is 0 Å². The standard InChI is InChI=1S/C21H24N4O/c1-14(2)18-7-5-6-15(3)20(18)24-19-12-13-22-21(25-19)23-16-8-10-17(26-4)11-9-16/h5-14H,1-4H3,(H2,22,23,24,25). The molecule has 5 heteroatoms. The molecule has 0 bridgehead atoms. The van der Waals surface area contributed by atoms with Gasteiger partial charge < -0.3 is 15.4 Å². The summed E-state index contributed by atoms with van der Waals surface area (Å²) >= 11 is 0. The Morgan fingerprint density at radius 3 is 2.42 bits per heavy atom. The van der Waals surface area contributed by atoms with E-state index < -0.39 is 0 Å². The second-order valence-electron chi connectivity index (χ2n) is 6.44. The fourth-order valence-electron chi connectivity index (χ4n) is 2.76. The molecule has 0 aliphatic heterocycles. The van der Waals surface area contributed by atoms with Gasteiger partial charge >= 0.3 is 0 Å². The zero-order valence-electron chi connectivity index (χ0n) is 15.6. The molecule has 0 unspecified atom stereocenters. The molecule has 5 nitrogen and oxygen atoms in total. The molecule has 0 spiro atoms. The molecule has 0 fully saturated rings. The molecule has 0 atom stereocenters. The largest absolute Gasteiger partial charge is 0.497 e. The number of methoxy groups -OCH3 is 1. The first-order chi connectivity index (χ1) is 12.6. The zero-order valence-corrected chi connectivity index (χ0v) is 15.6. The smallest absolute Gasteiger partial charge is 0.229 e. The Bertz CT molecular complexity index is 875. The van der Waals surface area contributed by atoms with E-state index in [0.29, 0.717) is 11.9 Å². The third-order valence-electron chi connectivity index (χ3n) is 4.18. The third-order valence-corrected chi connectivity index (χ3v) is 4.18. The van der Waals surface area contributed by atoms with Crippen molar-refractivity contribution in [3.63, 3.8) is 0 Å². The summed E-state index contributed by atoms with van der Waals surface area (Å²) in [6, 6.07) is 15.9. The molecular weight excluding hydrogens is 324 g/mol. The van der Waals surface area contributed by atoms with E-state index in [0.717, 1.165) is 22.9 Å². The Labute approximate surface area is 154 Å². The van der Waals surface area contributed by atoms with Gasteiger partial charge in [-0.05, 0) is 54.3 Å². The molecule has 0 saturated carbocycles. The highest BCUT2D eigenvalue weighted by atomic mass is 16.5. The van der Waals surface area contributed by atoms with E-state index in [1.165, 1.54) is 11.1 Å². The van der Waals surface area contributed by atoms with Crippen molar-refractivity contribution in [2.75, 3.05) is 17.7 Å². The number of hydrogen-bond donors (Lipinski definition) is 2. The summed E-state index contributed by atoms with van der Waals surface area (Å²) in [5.74, 6) is 2.54. The molecule has 0 saturated heterocycles. The van der Waals surface area contributed by atoms with Crippen molar-refractivity contribution in [2.45, 2.75) is 26.7 Å². The first-order valence-corrected chi connectivity index (χ1v) is 8.67. The van der Waals surface area contributed by atoms with E-state index in [9.17, 15) is 0 Å². The molecule has 1 heterocycles. The van der Waals surface area contributed by atoms with Crippen LogP contribution in [0, 0.1) is 6.92 Å². The number of anilines is 4. The quantitative estimate of drug-likeness (QED) is 0.624. The molecule has 3 rings (SSSR count). The summed E-state index contributed by atoms with van der Waals surface area (Å²) < 4.78 is 5.18. The predicted molar refractivity (Wildman–Crippen MR) is 107 cm³/mol. The maximum atomic E-state index is 5.18. The minimum Gasteiger partial charge on any atom is -0.497 e. The number of nitrogens with one attached hydrogen (secondary N) is 2. The highest BCUT2D eigenvalue weighted by molar-refractivity contribution is 5.66. The molecule has 0 radical (unpaired) electrons. The second-order valence-corrected chi connectivity index (χ2v) is 6.44. The van der Waals surface area contributed by atoms with E-state index in [1.807, 2.05) is 30.3 Å². The number of hydrogen-bond acceptors (Lipinski definition) is 5. The minimum atomic E-state index is 0.427. The van der Waals surface area contributed by atoms with Crippen molar-refractivity contribution in [2.24, 2.45) is 0 Å². The molecule has 0 aliphatic carbocycles. The SMILES string of the molecule is COc1ccc(Nc2nccc(Nc3c(C)cccc3C(C)C)n2)cc1. The van der Waals surface area contributed by atoms with Gasteiger partial charge in [0.25, 0.3) is 0 Å². The van der Waals surface area contributed by atoms with Crippen LogP contribution in [-0.2, 0) is 0 Å². The average molecular weight is 348 g/mol. The molecule has 2 aromatic carbocycles. The van der Waals surface area contributed by atoms with Crippen LogP contribution in [0.5, 0.6) is 5.75 Å². The summed E-state index contributed by atoms with van der Waals surface area (Å²) in [6.45, 7) is 6.49. The summed E-state index contributed by atoms with van der Waals surface area (Å²) in [5, 5.41) is 6.67. The van der Waals surface area contributed by atoms with Crippen LogP contribution < -0.4 is 15.4 Å². The summed E-state index contributed by atoms with van der Waals surface area (Å²) in [5.41, 5.74) is 4.48. The Hall–Kier alpha value is -3.08. The third kappa shape index (κ3) is 4.11. The van der Waals surface area contributed by atoms with Gasteiger partial charge in [-0.15, -0.1) is 0 Å². The molecule has 2 N–H and O–H groups in total. The lowest BCUT2D eigenvalue weighted by atomic mass is 9.98. The Morgan fingerprint density at radius 1 is 0.962 bits per heavy atom. The zero-order chi connectivity index (χ0) is 18.5. The number of benzene rings is 2. The van der Waals surface area contributed by atoms with Crippen LogP contribution in [0.25, 0.3) is 0 Å². The molecular formula is C21H24N4O. The van der Waals surface area contributed by atoms with E-state index in [2.05, 4.69) is 59.6 Å². The first-order valence-electron chi connectivity index (χ1n) is 8.67. The van der Waals surface area contributed by atoms with Gasteiger partial charge in [0.05, 0.1) is 7.11 Å². The maximum absolute atomic E-state index is 5.18. The Kier molecular flexibility index (Phi) is 5.37. The van der Waals surface area contributed by atoms with Crippen LogP contribution in [0.1, 0.15) is 30.9 Å². The lowest BCUT2D eigenvalue weighted by Gasteiger charge is -2.17. The first kappa shape index (κ1) is 17.7. The lowest BCUT2D eigenvalue weighted by Crippen LogP contribution is -2.04. The van der Waals surface area contributed by atoms with E-state index >= 15 is 0 Å². The highest BCUT2D eigenvalue weighted by Gasteiger charge is 2.10. The van der Waals surface area contributed by atoms with E-state index in [1.54, 1.807) is 13.3 Å². The maximum Gasteiger partial charge on any atom is 0.229 e. The topological polar surface area (TPSA) is 59.1 Å². The lowest BCUT2D eigenvalue weighted by molar-refractivity contribution is 0.415. The van der Waals surface area contributed by atoms with Gasteiger partial charge in [0.2, 0.25) is 5.95 Å². The van der Waals surface area contributed by atoms with Crippen molar-refractivity contribution in [1.29, 1.82) is 0 Å². The van der Waals surface area contributed by atoms with Crippen LogP contribution in [0.3, 0.4) is 0 Å². The van der Waals surface area contributed by atoms with Gasteiger partial charge in [-0.3, -0.25) is 0 Å². The van der Waals surface area contributed by atoms with Gasteiger partial charge in [-0.2, -0.15) is 4.98 Å². The molecule has 3 aromatic rings. The van der Waals surface area contributed by atoms with Crippen molar-refractivity contribution in [3.05, 3.63) is 65.9 Å². The van der Waals surface area contributed by atoms with Gasteiger partial charge in [0.15, 0.2) is 0 Å². The van der Waals surface area contributed by atoms with Gasteiger partial charge in [-0.25, -0.2) is 4.98 Å². The van der Waals surface area contributed by atoms with Crippen LogP contribution in [0.4, 0.5) is 23.1 Å². The highest BCUT2D eigenvalue weighted by Crippen LogP contribution is 2.30. The van der Waals surface area contributed by atoms with E-state index in [-0.39, 0.29) is 0 Å². The normalized spacial score (nSPS) is 10.7. The molecule has 1 aromatic heterocycles. The fourth-order valence-corrected chi connectivity index (χ4v) is 2.76. The summed E-state index contributed by atoms with van der Waals surface area (Å²) in [4.78, 5) is 8.89. The fraction of sp³-hybridized carbons (Fsp3) is 0.238. The number of para-hydroxylation sites is 1. The van der Waals surface area contributed by atoms with Gasteiger partial charge in [-0.1, -0.05) is 32.0 Å². The van der Waals surface area contributed by atoms with Crippen molar-refractivity contribution >= 4 is 23.1 Å². The van der Waals surface area contributed by atoms with Gasteiger partial charge in [0.1, 0.15) is 11.6 Å². The number of rotatable bonds is 6. The number of aryl methyl sites for hydroxylation is 1. The van der Waals surface area contributed by atoms with Crippen LogP contribution >= 0.6 is 0 Å². The average Bonchev–Trinajstić information content (AvgIpc) is 2.64. The van der Waals surface area contributed by atoms with E-state index in [4.69, 9.17) is 4.74 Å². The summed E-state index contributed by atoms with van der Waals surface area (Å²) in [6.07, 6.45) is 1.74. The predicted octanol–water partition coefficient (Wildman–Crippen LogP) is 5.40. The second kappa shape index (κ2) is 7.87. The molecule has 0 amide bonds. The molecule has 0 aliphatic rings. The number of nitrogens with zero attached hydrogens (tertiary/aromatic N) is 2. The minimum absolute atomic E-state index is 0.427. The van der Waals surface area contributed by atoms with Crippen molar-refractivity contribution in [3.8, 4) is 5.75 Å². The Balaban J connectivity index is 1.82. The molecule has 26 heavy (non-hydrogen) atoms. The van der Waals surface area contributed by atoms with Gasteiger partial charge in [0, 0.05) is 17.6 Å². The number of ether oxygens (including phenoxy) is 1. The molecule has 134 valence electrons. The number of aromatic nitrogens is 2. The van der Waals surface area contributed by atoms with Crippen LogP contribution in [-0.4, -0.2) is 17.1 Å². The van der Waals surface area contributed by atoms with Crippen molar-refractivity contribution in [1.82, 2.24) is 9.97 Å². The monoisotopic (exact) mass is 348 g/mol. The Morgan fingerprint density at radius 2 is 1.73 bits per heavy atom. The summed E-state index contributed by atoms with van der Waals surface area (Å²) in [7, 11) is 1.65.